The number of ketones is 1. The molecule has 0 unspecified atom stereocenters. The quantitative estimate of drug-likeness (QED) is 0.452. The molecule has 3 N–H and O–H groups in total. The second kappa shape index (κ2) is 4.02. The molecule has 1 aromatic heterocycles. The number of anilines is 1. The van der Waals surface area contributed by atoms with Gasteiger partial charge in [-0.15, -0.1) is 0 Å². The minimum absolute atomic E-state index is 0.0882. The fraction of sp³-hybridized carbons (Fsp3) is 0. The second-order valence-electron chi connectivity index (χ2n) is 3.34. The Morgan fingerprint density at radius 1 is 1.25 bits per heavy atom. The lowest BCUT2D eigenvalue weighted by molar-refractivity contribution is 0.103. The highest BCUT2D eigenvalue weighted by atomic mass is 16.3. The minimum atomic E-state index is -0.191. The summed E-state index contributed by atoms with van der Waals surface area (Å²) in [6.07, 6.45) is 3.08. The third-order valence-corrected chi connectivity index (χ3v) is 2.22. The molecule has 0 radical (unpaired) electrons. The van der Waals surface area contributed by atoms with Crippen molar-refractivity contribution in [2.24, 2.45) is 0 Å². The highest BCUT2D eigenvalue weighted by Gasteiger charge is 2.10. The van der Waals surface area contributed by atoms with Gasteiger partial charge in [-0.1, -0.05) is 0 Å². The van der Waals surface area contributed by atoms with E-state index in [0.29, 0.717) is 11.1 Å². The molecule has 16 heavy (non-hydrogen) atoms. The van der Waals surface area contributed by atoms with Crippen LogP contribution in [0, 0.1) is 0 Å². The number of phenols is 1. The first-order valence-electron chi connectivity index (χ1n) is 4.71. The van der Waals surface area contributed by atoms with Crippen molar-refractivity contribution in [3.63, 3.8) is 0 Å². The minimum Gasteiger partial charge on any atom is -0.506 e. The molecule has 4 heteroatoms. The molecule has 0 spiro atoms. The van der Waals surface area contributed by atoms with Crippen molar-refractivity contribution in [1.82, 2.24) is 4.98 Å². The van der Waals surface area contributed by atoms with E-state index in [1.165, 1.54) is 18.3 Å². The SMILES string of the molecule is Nc1ccc(C(=O)c2cccnc2)cc1O. The van der Waals surface area contributed by atoms with Crippen molar-refractivity contribution in [2.45, 2.75) is 0 Å². The fourth-order valence-corrected chi connectivity index (χ4v) is 1.35. The van der Waals surface area contributed by atoms with E-state index in [1.807, 2.05) is 0 Å². The van der Waals surface area contributed by atoms with E-state index < -0.39 is 0 Å². The number of aromatic nitrogens is 1. The normalized spacial score (nSPS) is 10.0. The van der Waals surface area contributed by atoms with Crippen LogP contribution in [0.2, 0.25) is 0 Å². The number of carbonyl (C=O) groups is 1. The van der Waals surface area contributed by atoms with Crippen molar-refractivity contribution in [3.05, 3.63) is 53.9 Å². The number of nitrogens with zero attached hydrogens (tertiary/aromatic N) is 1. The summed E-state index contributed by atoms with van der Waals surface area (Å²) in [6.45, 7) is 0. The Labute approximate surface area is 92.4 Å². The summed E-state index contributed by atoms with van der Waals surface area (Å²) in [6, 6.07) is 7.78. The molecule has 1 aromatic carbocycles. The lowest BCUT2D eigenvalue weighted by atomic mass is 10.0. The van der Waals surface area contributed by atoms with Crippen LogP contribution >= 0.6 is 0 Å². The lowest BCUT2D eigenvalue weighted by Gasteiger charge is -2.03. The molecule has 0 fully saturated rings. The lowest BCUT2D eigenvalue weighted by Crippen LogP contribution is -2.01. The zero-order valence-electron chi connectivity index (χ0n) is 8.42. The molecule has 0 aliphatic heterocycles. The molecule has 0 aliphatic carbocycles. The van der Waals surface area contributed by atoms with Gasteiger partial charge in [-0.3, -0.25) is 9.78 Å². The predicted octanol–water partition coefficient (Wildman–Crippen LogP) is 1.60. The number of pyridine rings is 1. The first-order valence-corrected chi connectivity index (χ1v) is 4.71. The van der Waals surface area contributed by atoms with E-state index in [0.717, 1.165) is 0 Å². The zero-order valence-corrected chi connectivity index (χ0v) is 8.42. The molecular weight excluding hydrogens is 204 g/mol. The average Bonchev–Trinajstić information content (AvgIpc) is 2.33. The van der Waals surface area contributed by atoms with Crippen LogP contribution in [0.4, 0.5) is 5.69 Å². The third-order valence-electron chi connectivity index (χ3n) is 2.22. The van der Waals surface area contributed by atoms with Crippen LogP contribution in [0.25, 0.3) is 0 Å². The molecule has 0 amide bonds. The number of carbonyl (C=O) groups excluding carboxylic acids is 1. The summed E-state index contributed by atoms with van der Waals surface area (Å²) >= 11 is 0. The molecule has 4 nitrogen and oxygen atoms in total. The van der Waals surface area contributed by atoms with Gasteiger partial charge in [-0.2, -0.15) is 0 Å². The van der Waals surface area contributed by atoms with Gasteiger partial charge in [0.05, 0.1) is 5.69 Å². The molecule has 0 saturated carbocycles. The summed E-state index contributed by atoms with van der Waals surface area (Å²) in [4.78, 5) is 15.8. The molecule has 0 atom stereocenters. The van der Waals surface area contributed by atoms with Gasteiger partial charge in [0.2, 0.25) is 0 Å². The zero-order chi connectivity index (χ0) is 11.5. The summed E-state index contributed by atoms with van der Waals surface area (Å²) in [5.41, 5.74) is 6.57. The van der Waals surface area contributed by atoms with E-state index in [9.17, 15) is 9.90 Å². The van der Waals surface area contributed by atoms with Crippen LogP contribution in [0.1, 0.15) is 15.9 Å². The van der Waals surface area contributed by atoms with Gasteiger partial charge in [0.15, 0.2) is 5.78 Å². The molecule has 2 aromatic rings. The van der Waals surface area contributed by atoms with Gasteiger partial charge in [0, 0.05) is 23.5 Å². The summed E-state index contributed by atoms with van der Waals surface area (Å²) in [5.74, 6) is -0.279. The van der Waals surface area contributed by atoms with Crippen LogP contribution in [-0.2, 0) is 0 Å². The van der Waals surface area contributed by atoms with Crippen molar-refractivity contribution in [3.8, 4) is 5.75 Å². The molecule has 0 saturated heterocycles. The van der Waals surface area contributed by atoms with Crippen LogP contribution < -0.4 is 5.73 Å². The molecule has 0 aliphatic rings. The Balaban J connectivity index is 2.39. The number of rotatable bonds is 2. The Hall–Kier alpha value is -2.36. The maximum absolute atomic E-state index is 11.9. The highest BCUT2D eigenvalue weighted by Crippen LogP contribution is 2.22. The maximum Gasteiger partial charge on any atom is 0.194 e. The van der Waals surface area contributed by atoms with Gasteiger partial charge in [-0.25, -0.2) is 0 Å². The maximum atomic E-state index is 11.9. The predicted molar refractivity (Wildman–Crippen MR) is 60.2 cm³/mol. The number of hydrogen-bond acceptors (Lipinski definition) is 4. The number of aromatic hydroxyl groups is 1. The molecule has 80 valence electrons. The van der Waals surface area contributed by atoms with Gasteiger partial charge in [0.25, 0.3) is 0 Å². The number of nitrogen functional groups attached to an aromatic ring is 1. The van der Waals surface area contributed by atoms with Crippen molar-refractivity contribution in [1.29, 1.82) is 0 Å². The van der Waals surface area contributed by atoms with Crippen molar-refractivity contribution < 1.29 is 9.90 Å². The largest absolute Gasteiger partial charge is 0.506 e. The van der Waals surface area contributed by atoms with Crippen LogP contribution in [0.3, 0.4) is 0 Å². The Morgan fingerprint density at radius 3 is 2.69 bits per heavy atom. The monoisotopic (exact) mass is 214 g/mol. The Kier molecular flexibility index (Phi) is 2.55. The van der Waals surface area contributed by atoms with Gasteiger partial charge >= 0.3 is 0 Å². The summed E-state index contributed by atoms with van der Waals surface area (Å²) < 4.78 is 0. The number of benzene rings is 1. The highest BCUT2D eigenvalue weighted by molar-refractivity contribution is 6.09. The smallest absolute Gasteiger partial charge is 0.194 e. The number of phenolic OH excluding ortho intramolecular Hbond substituents is 1. The Morgan fingerprint density at radius 2 is 2.06 bits per heavy atom. The molecule has 2 rings (SSSR count). The number of hydrogen-bond donors (Lipinski definition) is 2. The van der Waals surface area contributed by atoms with Crippen molar-refractivity contribution in [2.75, 3.05) is 5.73 Å². The first-order chi connectivity index (χ1) is 7.68. The second-order valence-corrected chi connectivity index (χ2v) is 3.34. The number of nitrogens with two attached hydrogens (primary N) is 1. The standard InChI is InChI=1S/C12H10N2O2/c13-10-4-3-8(6-11(10)15)12(16)9-2-1-5-14-7-9/h1-7,15H,13H2. The summed E-state index contributed by atoms with van der Waals surface area (Å²) in [5, 5.41) is 9.40. The van der Waals surface area contributed by atoms with E-state index in [-0.39, 0.29) is 17.2 Å². The van der Waals surface area contributed by atoms with Crippen LogP contribution in [0.5, 0.6) is 5.75 Å². The van der Waals surface area contributed by atoms with Gasteiger partial charge in [0.1, 0.15) is 5.75 Å². The van der Waals surface area contributed by atoms with E-state index >= 15 is 0 Å². The molecule has 0 bridgehead atoms. The van der Waals surface area contributed by atoms with Crippen LogP contribution in [-0.4, -0.2) is 15.9 Å². The fourth-order valence-electron chi connectivity index (χ4n) is 1.35. The van der Waals surface area contributed by atoms with Gasteiger partial charge < -0.3 is 10.8 Å². The van der Waals surface area contributed by atoms with Crippen LogP contribution in [0.15, 0.2) is 42.7 Å². The molecule has 1 heterocycles. The van der Waals surface area contributed by atoms with E-state index in [1.54, 1.807) is 24.4 Å². The molecular formula is C12H10N2O2. The topological polar surface area (TPSA) is 76.2 Å². The average molecular weight is 214 g/mol. The first kappa shape index (κ1) is 10.2. The van der Waals surface area contributed by atoms with E-state index in [4.69, 9.17) is 5.73 Å². The Bertz CT molecular complexity index is 524. The summed E-state index contributed by atoms with van der Waals surface area (Å²) in [7, 11) is 0. The van der Waals surface area contributed by atoms with E-state index in [2.05, 4.69) is 4.98 Å². The van der Waals surface area contributed by atoms with Crippen molar-refractivity contribution >= 4 is 11.5 Å². The third kappa shape index (κ3) is 1.86. The van der Waals surface area contributed by atoms with Gasteiger partial charge in [-0.05, 0) is 30.3 Å².